The molecule has 0 radical (unpaired) electrons. The number of aliphatic hydroxyl groups excluding tert-OH is 2. The molecule has 11 heteroatoms. The zero-order valence-corrected chi connectivity index (χ0v) is 14.1. The Hall–Kier alpha value is -2.08. The Labute approximate surface area is 143 Å². The predicted octanol–water partition coefficient (Wildman–Crippen LogP) is -2.80. The van der Waals surface area contributed by atoms with Crippen LogP contribution in [-0.4, -0.2) is 67.8 Å². The number of nitrogens with two attached hydrogens (primary N) is 1. The van der Waals surface area contributed by atoms with Gasteiger partial charge < -0.3 is 31.2 Å². The van der Waals surface area contributed by atoms with Crippen LogP contribution in [0.5, 0.6) is 0 Å². The minimum Gasteiger partial charge on any atom is -0.458 e. The maximum absolute atomic E-state index is 12.0. The van der Waals surface area contributed by atoms with Crippen molar-refractivity contribution in [3.05, 3.63) is 12.2 Å². The molecule has 2 unspecified atom stereocenters. The molecule has 1 aliphatic rings. The third-order valence-corrected chi connectivity index (χ3v) is 4.35. The Bertz CT molecular complexity index is 623. The number of amides is 1. The molecule has 1 amide bonds. The SMILES string of the molecule is CC[C@H](C)[C@H]([NH3+])C(=O)OCC1OC(n2cnc(C(N)=O)n2)[C@H](O)[C@@H]1O. The molecular formula is C14H24N5O6+. The van der Waals surface area contributed by atoms with Gasteiger partial charge >= 0.3 is 5.97 Å². The van der Waals surface area contributed by atoms with E-state index < -0.39 is 42.5 Å². The number of rotatable bonds is 7. The second-order valence-corrected chi connectivity index (χ2v) is 6.08. The lowest BCUT2D eigenvalue weighted by molar-refractivity contribution is -0.420. The van der Waals surface area contributed by atoms with Gasteiger partial charge in [-0.05, 0) is 6.42 Å². The minimum absolute atomic E-state index is 0.0580. The first-order valence-corrected chi connectivity index (χ1v) is 7.98. The molecule has 2 heterocycles. The molecule has 7 N–H and O–H groups in total. The van der Waals surface area contributed by atoms with E-state index in [0.717, 1.165) is 17.4 Å². The van der Waals surface area contributed by atoms with Crippen LogP contribution < -0.4 is 11.5 Å². The topological polar surface area (TPSA) is 177 Å². The highest BCUT2D eigenvalue weighted by Gasteiger charge is 2.45. The maximum atomic E-state index is 12.0. The monoisotopic (exact) mass is 358 g/mol. The van der Waals surface area contributed by atoms with E-state index in [1.807, 2.05) is 13.8 Å². The molecule has 1 saturated heterocycles. The van der Waals surface area contributed by atoms with Crippen molar-refractivity contribution in [3.8, 4) is 0 Å². The standard InChI is InChI=1S/C14H23N5O6/c1-3-6(2)8(15)14(23)24-4-7-9(20)10(21)13(25-7)19-5-17-12(18-19)11(16)22/h5-10,13,20-21H,3-4,15H2,1-2H3,(H2,16,22)/p+1/t6-,7?,8-,9+,10+,13?/m0/s1. The van der Waals surface area contributed by atoms with E-state index in [9.17, 15) is 19.8 Å². The van der Waals surface area contributed by atoms with Gasteiger partial charge in [0, 0.05) is 5.92 Å². The van der Waals surface area contributed by atoms with Crippen LogP contribution >= 0.6 is 0 Å². The second-order valence-electron chi connectivity index (χ2n) is 6.08. The highest BCUT2D eigenvalue weighted by atomic mass is 16.6. The average Bonchev–Trinajstić information content (AvgIpc) is 3.18. The van der Waals surface area contributed by atoms with Crippen molar-refractivity contribution in [1.82, 2.24) is 14.8 Å². The summed E-state index contributed by atoms with van der Waals surface area (Å²) in [5.74, 6) is -1.51. The zero-order valence-electron chi connectivity index (χ0n) is 14.1. The molecule has 1 aromatic rings. The number of hydrogen-bond donors (Lipinski definition) is 4. The summed E-state index contributed by atoms with van der Waals surface area (Å²) in [5, 5.41) is 24.0. The van der Waals surface area contributed by atoms with Gasteiger partial charge in [0.2, 0.25) is 5.82 Å². The first-order valence-electron chi connectivity index (χ1n) is 7.98. The lowest BCUT2D eigenvalue weighted by Gasteiger charge is -2.17. The number of primary amides is 1. The van der Waals surface area contributed by atoms with Crippen LogP contribution in [0.4, 0.5) is 0 Å². The van der Waals surface area contributed by atoms with E-state index >= 15 is 0 Å². The smallest absolute Gasteiger partial charge is 0.365 e. The van der Waals surface area contributed by atoms with Crippen LogP contribution in [-0.2, 0) is 14.3 Å². The summed E-state index contributed by atoms with van der Waals surface area (Å²) < 4.78 is 11.7. The molecule has 2 rings (SSSR count). The van der Waals surface area contributed by atoms with Gasteiger partial charge in [0.15, 0.2) is 12.3 Å². The number of nitrogens with zero attached hydrogens (tertiary/aromatic N) is 3. The molecule has 6 atom stereocenters. The van der Waals surface area contributed by atoms with Crippen molar-refractivity contribution in [2.45, 2.75) is 50.8 Å². The highest BCUT2D eigenvalue weighted by molar-refractivity contribution is 5.88. The van der Waals surface area contributed by atoms with Crippen LogP contribution in [0, 0.1) is 5.92 Å². The second kappa shape index (κ2) is 7.87. The summed E-state index contributed by atoms with van der Waals surface area (Å²) in [4.78, 5) is 26.7. The van der Waals surface area contributed by atoms with Crippen LogP contribution in [0.25, 0.3) is 0 Å². The Kier molecular flexibility index (Phi) is 6.06. The van der Waals surface area contributed by atoms with Crippen molar-refractivity contribution in [1.29, 1.82) is 0 Å². The fraction of sp³-hybridized carbons (Fsp3) is 0.714. The molecule has 1 aliphatic heterocycles. The lowest BCUT2D eigenvalue weighted by atomic mass is 10.0. The van der Waals surface area contributed by atoms with Gasteiger partial charge in [-0.3, -0.25) is 4.79 Å². The number of hydrogen-bond acceptors (Lipinski definition) is 8. The highest BCUT2D eigenvalue weighted by Crippen LogP contribution is 2.29. The number of carbonyl (C=O) groups is 2. The van der Waals surface area contributed by atoms with Gasteiger partial charge in [0.05, 0.1) is 0 Å². The molecular weight excluding hydrogens is 334 g/mol. The molecule has 0 aliphatic carbocycles. The predicted molar refractivity (Wildman–Crippen MR) is 81.6 cm³/mol. The largest absolute Gasteiger partial charge is 0.458 e. The van der Waals surface area contributed by atoms with Gasteiger partial charge in [0.1, 0.15) is 31.2 Å². The minimum atomic E-state index is -1.34. The summed E-state index contributed by atoms with van der Waals surface area (Å²) in [5.41, 5.74) is 8.84. The van der Waals surface area contributed by atoms with Gasteiger partial charge in [-0.1, -0.05) is 13.8 Å². The summed E-state index contributed by atoms with van der Waals surface area (Å²) in [7, 11) is 0. The van der Waals surface area contributed by atoms with Crippen molar-refractivity contribution in [2.75, 3.05) is 6.61 Å². The number of aliphatic hydroxyl groups is 2. The van der Waals surface area contributed by atoms with E-state index in [0.29, 0.717) is 0 Å². The first-order chi connectivity index (χ1) is 11.8. The van der Waals surface area contributed by atoms with Crippen LogP contribution in [0.3, 0.4) is 0 Å². The summed E-state index contributed by atoms with van der Waals surface area (Å²) >= 11 is 0. The van der Waals surface area contributed by atoms with Crippen LogP contribution in [0.2, 0.25) is 0 Å². The number of quaternary nitrogens is 1. The molecule has 0 saturated carbocycles. The number of aromatic nitrogens is 3. The molecule has 1 aromatic heterocycles. The van der Waals surface area contributed by atoms with Gasteiger partial charge in [-0.25, -0.2) is 14.5 Å². The van der Waals surface area contributed by atoms with Crippen LogP contribution in [0.1, 0.15) is 37.1 Å². The Balaban J connectivity index is 1.97. The Morgan fingerprint density at radius 3 is 2.72 bits per heavy atom. The Morgan fingerprint density at radius 1 is 1.48 bits per heavy atom. The van der Waals surface area contributed by atoms with E-state index in [1.54, 1.807) is 0 Å². The molecule has 0 bridgehead atoms. The molecule has 0 spiro atoms. The summed E-state index contributed by atoms with van der Waals surface area (Å²) in [6.45, 7) is 3.59. The van der Waals surface area contributed by atoms with Gasteiger partial charge in [-0.15, -0.1) is 5.10 Å². The summed E-state index contributed by atoms with van der Waals surface area (Å²) in [6, 6.07) is -0.530. The molecule has 0 aromatic carbocycles. The first kappa shape index (κ1) is 19.2. The molecule has 1 fully saturated rings. The average molecular weight is 358 g/mol. The van der Waals surface area contributed by atoms with Crippen molar-refractivity contribution < 1.29 is 35.0 Å². The molecule has 25 heavy (non-hydrogen) atoms. The molecule has 11 nitrogen and oxygen atoms in total. The van der Waals surface area contributed by atoms with E-state index in [1.165, 1.54) is 0 Å². The van der Waals surface area contributed by atoms with Crippen molar-refractivity contribution in [2.24, 2.45) is 11.7 Å². The zero-order chi connectivity index (χ0) is 18.7. The van der Waals surface area contributed by atoms with Crippen molar-refractivity contribution in [3.63, 3.8) is 0 Å². The number of esters is 1. The fourth-order valence-corrected chi connectivity index (χ4v) is 2.38. The van der Waals surface area contributed by atoms with Crippen molar-refractivity contribution >= 4 is 11.9 Å². The lowest BCUT2D eigenvalue weighted by Crippen LogP contribution is -2.68. The van der Waals surface area contributed by atoms with Crippen LogP contribution in [0.15, 0.2) is 6.33 Å². The Morgan fingerprint density at radius 2 is 2.16 bits per heavy atom. The third kappa shape index (κ3) is 4.12. The number of ether oxygens (including phenoxy) is 2. The van der Waals surface area contributed by atoms with E-state index in [-0.39, 0.29) is 18.3 Å². The van der Waals surface area contributed by atoms with Gasteiger partial charge in [-0.2, -0.15) is 0 Å². The maximum Gasteiger partial charge on any atom is 0.365 e. The fourth-order valence-electron chi connectivity index (χ4n) is 2.38. The number of carbonyl (C=O) groups excluding carboxylic acids is 2. The normalized spacial score (nSPS) is 28.5. The van der Waals surface area contributed by atoms with Gasteiger partial charge in [0.25, 0.3) is 5.91 Å². The van der Waals surface area contributed by atoms with E-state index in [4.69, 9.17) is 15.2 Å². The quantitative estimate of drug-likeness (QED) is 0.377. The summed E-state index contributed by atoms with van der Waals surface area (Å²) in [6.07, 6.45) is -2.73. The third-order valence-electron chi connectivity index (χ3n) is 4.35. The molecule has 140 valence electrons. The van der Waals surface area contributed by atoms with E-state index in [2.05, 4.69) is 15.8 Å².